The van der Waals surface area contributed by atoms with Crippen LogP contribution in [0.2, 0.25) is 0 Å². The van der Waals surface area contributed by atoms with Gasteiger partial charge >= 0.3 is 6.03 Å². The van der Waals surface area contributed by atoms with Crippen LogP contribution < -0.4 is 10.1 Å². The number of β-lactam (4-membered cyclic amide) rings is 1. The van der Waals surface area contributed by atoms with Crippen LogP contribution in [-0.4, -0.2) is 29.3 Å². The molecule has 0 saturated carbocycles. The van der Waals surface area contributed by atoms with E-state index in [1.165, 1.54) is 16.7 Å². The molecule has 1 N–H and O–H groups in total. The number of nitrogens with zero attached hydrogens (tertiary/aromatic N) is 1. The third-order valence-corrected chi connectivity index (χ3v) is 4.98. The summed E-state index contributed by atoms with van der Waals surface area (Å²) < 4.78 is 5.32. The second-order valence-corrected chi connectivity index (χ2v) is 6.56. The summed E-state index contributed by atoms with van der Waals surface area (Å²) in [4.78, 5) is 26.4. The van der Waals surface area contributed by atoms with Crippen LogP contribution in [-0.2, 0) is 11.3 Å². The van der Waals surface area contributed by atoms with Gasteiger partial charge in [0.1, 0.15) is 11.1 Å². The van der Waals surface area contributed by atoms with E-state index in [4.69, 9.17) is 4.74 Å². The van der Waals surface area contributed by atoms with Crippen LogP contribution in [0.4, 0.5) is 4.79 Å². The maximum absolute atomic E-state index is 12.3. The molecule has 0 radical (unpaired) electrons. The first-order chi connectivity index (χ1) is 11.7. The standard InChI is InChI=1S/C18H18N2O3S/c1-23-14-9-5-6-10-15(14)24-17-11-16(21)20(17)18(22)19-12-13-7-3-2-4-8-13/h2-10,17H,11-12H2,1H3,(H,19,22). The van der Waals surface area contributed by atoms with E-state index < -0.39 is 0 Å². The molecule has 1 fully saturated rings. The molecule has 124 valence electrons. The molecule has 0 aromatic heterocycles. The lowest BCUT2D eigenvalue weighted by Crippen LogP contribution is -2.57. The number of ether oxygens (including phenoxy) is 1. The van der Waals surface area contributed by atoms with Crippen molar-refractivity contribution >= 4 is 23.7 Å². The zero-order chi connectivity index (χ0) is 16.9. The Morgan fingerprint density at radius 2 is 1.92 bits per heavy atom. The van der Waals surface area contributed by atoms with E-state index in [0.29, 0.717) is 13.0 Å². The topological polar surface area (TPSA) is 58.6 Å². The summed E-state index contributed by atoms with van der Waals surface area (Å²) in [7, 11) is 1.61. The van der Waals surface area contributed by atoms with Crippen molar-refractivity contribution in [2.75, 3.05) is 7.11 Å². The van der Waals surface area contributed by atoms with Crippen LogP contribution in [0.15, 0.2) is 59.5 Å². The Morgan fingerprint density at radius 3 is 2.62 bits per heavy atom. The first-order valence-electron chi connectivity index (χ1n) is 7.62. The molecule has 0 bridgehead atoms. The van der Waals surface area contributed by atoms with E-state index in [1.807, 2.05) is 54.6 Å². The van der Waals surface area contributed by atoms with Gasteiger partial charge in [-0.05, 0) is 17.7 Å². The maximum atomic E-state index is 12.3. The third-order valence-electron chi connectivity index (χ3n) is 3.74. The average molecular weight is 342 g/mol. The SMILES string of the molecule is COc1ccccc1SC1CC(=O)N1C(=O)NCc1ccccc1. The van der Waals surface area contributed by atoms with Crippen LogP contribution in [0.5, 0.6) is 5.75 Å². The summed E-state index contributed by atoms with van der Waals surface area (Å²) in [6, 6.07) is 16.8. The van der Waals surface area contributed by atoms with Gasteiger partial charge in [0.05, 0.1) is 18.4 Å². The number of imide groups is 1. The minimum atomic E-state index is -0.359. The molecule has 2 aromatic rings. The van der Waals surface area contributed by atoms with Crippen molar-refractivity contribution in [2.45, 2.75) is 23.2 Å². The summed E-state index contributed by atoms with van der Waals surface area (Å²) in [5, 5.41) is 2.59. The summed E-state index contributed by atoms with van der Waals surface area (Å²) in [6.07, 6.45) is 0.349. The number of carbonyl (C=O) groups is 2. The van der Waals surface area contributed by atoms with Gasteiger partial charge in [0.15, 0.2) is 0 Å². The third kappa shape index (κ3) is 3.54. The van der Waals surface area contributed by atoms with Gasteiger partial charge in [-0.3, -0.25) is 9.69 Å². The number of hydrogen-bond acceptors (Lipinski definition) is 4. The number of amides is 3. The minimum absolute atomic E-state index is 0.159. The largest absolute Gasteiger partial charge is 0.496 e. The van der Waals surface area contributed by atoms with Crippen molar-refractivity contribution in [1.82, 2.24) is 10.2 Å². The van der Waals surface area contributed by atoms with Gasteiger partial charge in [-0.25, -0.2) is 4.79 Å². The summed E-state index contributed by atoms with van der Waals surface area (Å²) in [5.41, 5.74) is 0.993. The van der Waals surface area contributed by atoms with Gasteiger partial charge in [-0.2, -0.15) is 0 Å². The fraction of sp³-hybridized carbons (Fsp3) is 0.222. The molecule has 0 spiro atoms. The lowest BCUT2D eigenvalue weighted by Gasteiger charge is -2.37. The van der Waals surface area contributed by atoms with Crippen molar-refractivity contribution in [3.63, 3.8) is 0 Å². The van der Waals surface area contributed by atoms with Crippen LogP contribution in [0.1, 0.15) is 12.0 Å². The Bertz CT molecular complexity index is 736. The van der Waals surface area contributed by atoms with Gasteiger partial charge in [0.25, 0.3) is 0 Å². The fourth-order valence-electron chi connectivity index (χ4n) is 2.45. The highest BCUT2D eigenvalue weighted by Gasteiger charge is 2.41. The van der Waals surface area contributed by atoms with Gasteiger partial charge in [-0.1, -0.05) is 54.2 Å². The van der Waals surface area contributed by atoms with Crippen molar-refractivity contribution in [3.05, 3.63) is 60.2 Å². The predicted molar refractivity (Wildman–Crippen MR) is 92.8 cm³/mol. The molecular weight excluding hydrogens is 324 g/mol. The number of thioether (sulfide) groups is 1. The van der Waals surface area contributed by atoms with Gasteiger partial charge in [-0.15, -0.1) is 0 Å². The van der Waals surface area contributed by atoms with E-state index in [1.54, 1.807) is 7.11 Å². The highest BCUT2D eigenvalue weighted by Crippen LogP contribution is 2.39. The molecule has 1 saturated heterocycles. The summed E-state index contributed by atoms with van der Waals surface area (Å²) >= 11 is 1.46. The second-order valence-electron chi connectivity index (χ2n) is 5.34. The van der Waals surface area contributed by atoms with E-state index >= 15 is 0 Å². The van der Waals surface area contributed by atoms with E-state index in [9.17, 15) is 9.59 Å². The van der Waals surface area contributed by atoms with E-state index in [-0.39, 0.29) is 17.3 Å². The highest BCUT2D eigenvalue weighted by molar-refractivity contribution is 8.00. The Labute approximate surface area is 145 Å². The maximum Gasteiger partial charge on any atom is 0.325 e. The highest BCUT2D eigenvalue weighted by atomic mass is 32.2. The van der Waals surface area contributed by atoms with Crippen LogP contribution >= 0.6 is 11.8 Å². The molecule has 1 aliphatic heterocycles. The molecule has 24 heavy (non-hydrogen) atoms. The van der Waals surface area contributed by atoms with Gasteiger partial charge < -0.3 is 10.1 Å². The number of para-hydroxylation sites is 1. The number of likely N-dealkylation sites (tertiary alicyclic amines) is 1. The molecule has 1 heterocycles. The van der Waals surface area contributed by atoms with Gasteiger partial charge in [0.2, 0.25) is 5.91 Å². The molecule has 1 unspecified atom stereocenters. The normalized spacial score (nSPS) is 16.5. The Balaban J connectivity index is 1.62. The van der Waals surface area contributed by atoms with Crippen molar-refractivity contribution in [1.29, 1.82) is 0 Å². The number of nitrogens with one attached hydrogen (secondary N) is 1. The Morgan fingerprint density at radius 1 is 1.21 bits per heavy atom. The molecule has 3 rings (SSSR count). The molecule has 0 aliphatic carbocycles. The lowest BCUT2D eigenvalue weighted by molar-refractivity contribution is -0.137. The molecule has 1 atom stereocenters. The second kappa shape index (κ2) is 7.40. The van der Waals surface area contributed by atoms with E-state index in [2.05, 4.69) is 5.32 Å². The van der Waals surface area contributed by atoms with Crippen molar-refractivity contribution in [3.8, 4) is 5.75 Å². The molecule has 5 nitrogen and oxygen atoms in total. The number of methoxy groups -OCH3 is 1. The first-order valence-corrected chi connectivity index (χ1v) is 8.50. The number of hydrogen-bond donors (Lipinski definition) is 1. The smallest absolute Gasteiger partial charge is 0.325 e. The molecule has 6 heteroatoms. The number of rotatable bonds is 5. The van der Waals surface area contributed by atoms with E-state index in [0.717, 1.165) is 16.2 Å². The van der Waals surface area contributed by atoms with Crippen molar-refractivity contribution in [2.24, 2.45) is 0 Å². The Hall–Kier alpha value is -2.47. The van der Waals surface area contributed by atoms with Crippen LogP contribution in [0, 0.1) is 0 Å². The molecular formula is C18H18N2O3S. The molecule has 3 amide bonds. The minimum Gasteiger partial charge on any atom is -0.496 e. The number of benzene rings is 2. The van der Waals surface area contributed by atoms with Crippen molar-refractivity contribution < 1.29 is 14.3 Å². The molecule has 2 aromatic carbocycles. The quantitative estimate of drug-likeness (QED) is 0.848. The number of urea groups is 1. The monoisotopic (exact) mass is 342 g/mol. The average Bonchev–Trinajstić information content (AvgIpc) is 2.60. The summed E-state index contributed by atoms with van der Waals surface area (Å²) in [5.74, 6) is 0.583. The zero-order valence-electron chi connectivity index (χ0n) is 13.3. The summed E-state index contributed by atoms with van der Waals surface area (Å²) in [6.45, 7) is 0.398. The van der Waals surface area contributed by atoms with Crippen LogP contribution in [0.25, 0.3) is 0 Å². The number of carbonyl (C=O) groups excluding carboxylic acids is 2. The van der Waals surface area contributed by atoms with Crippen LogP contribution in [0.3, 0.4) is 0 Å². The Kier molecular flexibility index (Phi) is 5.05. The molecule has 1 aliphatic rings. The first kappa shape index (κ1) is 16.4. The lowest BCUT2D eigenvalue weighted by atomic mass is 10.2. The van der Waals surface area contributed by atoms with Gasteiger partial charge in [0, 0.05) is 6.54 Å². The fourth-order valence-corrected chi connectivity index (χ4v) is 3.71. The zero-order valence-corrected chi connectivity index (χ0v) is 14.1. The predicted octanol–water partition coefficient (Wildman–Crippen LogP) is 3.26.